The van der Waals surface area contributed by atoms with Crippen LogP contribution in [-0.4, -0.2) is 33.1 Å². The quantitative estimate of drug-likeness (QED) is 0.867. The van der Waals surface area contributed by atoms with Gasteiger partial charge in [0.05, 0.1) is 15.7 Å². The molecule has 100 valence electrons. The predicted molar refractivity (Wildman–Crippen MR) is 73.5 cm³/mol. The zero-order chi connectivity index (χ0) is 13.8. The number of nitrogens with one attached hydrogen (secondary N) is 1. The van der Waals surface area contributed by atoms with E-state index in [1.807, 2.05) is 0 Å². The number of imidazole rings is 1. The van der Waals surface area contributed by atoms with Gasteiger partial charge in [0.2, 0.25) is 0 Å². The Kier molecular flexibility index (Phi) is 4.33. The number of nitrogens with zero attached hydrogens (tertiary/aromatic N) is 2. The highest BCUT2D eigenvalue weighted by atomic mass is 79.9. The maximum absolute atomic E-state index is 11.7. The van der Waals surface area contributed by atoms with E-state index in [0.717, 1.165) is 3.79 Å². The molecule has 2 aromatic heterocycles. The van der Waals surface area contributed by atoms with Crippen LogP contribution in [0.2, 0.25) is 0 Å². The fourth-order valence-corrected chi connectivity index (χ4v) is 2.56. The second-order valence-corrected chi connectivity index (χ2v) is 5.99. The first-order valence-electron chi connectivity index (χ1n) is 5.33. The molecule has 1 amide bonds. The van der Waals surface area contributed by atoms with E-state index in [-0.39, 0.29) is 11.6 Å². The zero-order valence-corrected chi connectivity index (χ0v) is 12.1. The number of halogens is 1. The number of aromatic nitrogens is 2. The number of hydrogen-bond donors (Lipinski definition) is 2. The van der Waals surface area contributed by atoms with Crippen LogP contribution in [0.1, 0.15) is 20.8 Å². The monoisotopic (exact) mass is 343 g/mol. The van der Waals surface area contributed by atoms with Gasteiger partial charge in [-0.05, 0) is 22.0 Å². The molecule has 0 aliphatic heterocycles. The van der Waals surface area contributed by atoms with Crippen molar-refractivity contribution in [2.24, 2.45) is 0 Å². The molecular formula is C11H10BrN3O3S. The molecule has 0 atom stereocenters. The lowest BCUT2D eigenvalue weighted by molar-refractivity contribution is 0.0690. The van der Waals surface area contributed by atoms with Crippen LogP contribution < -0.4 is 5.32 Å². The highest BCUT2D eigenvalue weighted by molar-refractivity contribution is 9.11. The number of carbonyl (C=O) groups is 2. The molecule has 0 saturated heterocycles. The van der Waals surface area contributed by atoms with Crippen molar-refractivity contribution in [1.29, 1.82) is 0 Å². The number of carboxylic acid groups (broad SMARTS) is 1. The van der Waals surface area contributed by atoms with Gasteiger partial charge in [-0.15, -0.1) is 11.3 Å². The molecule has 2 heterocycles. The summed E-state index contributed by atoms with van der Waals surface area (Å²) >= 11 is 4.74. The lowest BCUT2D eigenvalue weighted by Gasteiger charge is -2.04. The van der Waals surface area contributed by atoms with Crippen LogP contribution in [-0.2, 0) is 6.54 Å². The van der Waals surface area contributed by atoms with Crippen LogP contribution in [0.25, 0.3) is 0 Å². The lowest BCUT2D eigenvalue weighted by atomic mass is 10.3. The summed E-state index contributed by atoms with van der Waals surface area (Å²) in [6.45, 7) is 0.874. The average molecular weight is 344 g/mol. The van der Waals surface area contributed by atoms with E-state index in [9.17, 15) is 9.59 Å². The van der Waals surface area contributed by atoms with Gasteiger partial charge in [-0.1, -0.05) is 0 Å². The summed E-state index contributed by atoms with van der Waals surface area (Å²) in [6, 6.07) is 1.75. The maximum atomic E-state index is 11.7. The van der Waals surface area contributed by atoms with Crippen LogP contribution in [0.4, 0.5) is 0 Å². The summed E-state index contributed by atoms with van der Waals surface area (Å²) in [5, 5.41) is 13.2. The van der Waals surface area contributed by atoms with Gasteiger partial charge in [0.25, 0.3) is 5.91 Å². The Morgan fingerprint density at radius 2 is 2.32 bits per heavy atom. The number of carbonyl (C=O) groups excluding carboxylic acids is 1. The molecule has 2 N–H and O–H groups in total. The molecule has 19 heavy (non-hydrogen) atoms. The van der Waals surface area contributed by atoms with Gasteiger partial charge in [-0.2, -0.15) is 0 Å². The Labute approximate surface area is 121 Å². The van der Waals surface area contributed by atoms with Crippen molar-refractivity contribution in [2.45, 2.75) is 6.54 Å². The normalized spacial score (nSPS) is 10.4. The lowest BCUT2D eigenvalue weighted by Crippen LogP contribution is -2.26. The summed E-state index contributed by atoms with van der Waals surface area (Å²) < 4.78 is 2.52. The van der Waals surface area contributed by atoms with Gasteiger partial charge < -0.3 is 15.0 Å². The van der Waals surface area contributed by atoms with E-state index in [0.29, 0.717) is 18.7 Å². The third kappa shape index (κ3) is 3.65. The highest BCUT2D eigenvalue weighted by Crippen LogP contribution is 2.20. The minimum atomic E-state index is -1.06. The molecule has 6 nitrogen and oxygen atoms in total. The molecule has 2 aromatic rings. The molecule has 0 saturated carbocycles. The van der Waals surface area contributed by atoms with E-state index in [4.69, 9.17) is 5.11 Å². The van der Waals surface area contributed by atoms with E-state index in [2.05, 4.69) is 26.2 Å². The first-order chi connectivity index (χ1) is 9.06. The topological polar surface area (TPSA) is 84.2 Å². The third-order valence-corrected chi connectivity index (χ3v) is 3.84. The number of aromatic carboxylic acids is 1. The average Bonchev–Trinajstić information content (AvgIpc) is 2.98. The van der Waals surface area contributed by atoms with Gasteiger partial charge in [0.1, 0.15) is 0 Å². The van der Waals surface area contributed by atoms with Crippen LogP contribution in [0, 0.1) is 0 Å². The molecule has 0 unspecified atom stereocenters. The molecule has 0 aromatic carbocycles. The Balaban J connectivity index is 1.83. The summed E-state index contributed by atoms with van der Waals surface area (Å²) in [6.07, 6.45) is 2.85. The molecule has 0 fully saturated rings. The number of thiophene rings is 1. The minimum Gasteiger partial charge on any atom is -0.476 e. The zero-order valence-electron chi connectivity index (χ0n) is 9.67. The fourth-order valence-electron chi connectivity index (χ4n) is 1.42. The van der Waals surface area contributed by atoms with Crippen LogP contribution in [0.15, 0.2) is 27.8 Å². The van der Waals surface area contributed by atoms with Crippen molar-refractivity contribution in [2.75, 3.05) is 6.54 Å². The highest BCUT2D eigenvalue weighted by Gasteiger charge is 2.08. The second-order valence-electron chi connectivity index (χ2n) is 3.70. The molecule has 8 heteroatoms. The summed E-state index contributed by atoms with van der Waals surface area (Å²) in [7, 11) is 0. The molecular weight excluding hydrogens is 334 g/mol. The summed E-state index contributed by atoms with van der Waals surface area (Å²) in [4.78, 5) is 26.1. The summed E-state index contributed by atoms with van der Waals surface area (Å²) in [5.41, 5.74) is 0.599. The largest absolute Gasteiger partial charge is 0.476 e. The van der Waals surface area contributed by atoms with Crippen molar-refractivity contribution in [3.05, 3.63) is 39.0 Å². The van der Waals surface area contributed by atoms with Crippen LogP contribution in [0.5, 0.6) is 0 Å². The van der Waals surface area contributed by atoms with Gasteiger partial charge >= 0.3 is 5.97 Å². The van der Waals surface area contributed by atoms with Gasteiger partial charge in [-0.3, -0.25) is 4.79 Å². The predicted octanol–water partition coefficient (Wildman–Crippen LogP) is 1.84. The van der Waals surface area contributed by atoms with Crippen molar-refractivity contribution < 1.29 is 14.7 Å². The SMILES string of the molecule is O=C(NCCn1cnc(C(=O)O)c1)c1csc(Br)c1. The third-order valence-electron chi connectivity index (χ3n) is 2.34. The number of hydrogen-bond acceptors (Lipinski definition) is 4. The maximum Gasteiger partial charge on any atom is 0.356 e. The second kappa shape index (κ2) is 5.98. The first kappa shape index (κ1) is 13.8. The van der Waals surface area contributed by atoms with E-state index < -0.39 is 5.97 Å². The number of rotatable bonds is 5. The van der Waals surface area contributed by atoms with E-state index in [1.165, 1.54) is 23.9 Å². The van der Waals surface area contributed by atoms with E-state index >= 15 is 0 Å². The molecule has 2 rings (SSSR count). The Morgan fingerprint density at radius 1 is 1.53 bits per heavy atom. The van der Waals surface area contributed by atoms with Gasteiger partial charge in [0.15, 0.2) is 5.69 Å². The smallest absolute Gasteiger partial charge is 0.356 e. The van der Waals surface area contributed by atoms with Crippen molar-refractivity contribution in [3.63, 3.8) is 0 Å². The number of carboxylic acids is 1. The first-order valence-corrected chi connectivity index (χ1v) is 7.01. The molecule has 0 radical (unpaired) electrons. The van der Waals surface area contributed by atoms with Gasteiger partial charge in [-0.25, -0.2) is 9.78 Å². The minimum absolute atomic E-state index is 0.00640. The van der Waals surface area contributed by atoms with E-state index in [1.54, 1.807) is 16.0 Å². The van der Waals surface area contributed by atoms with Crippen molar-refractivity contribution in [3.8, 4) is 0 Å². The van der Waals surface area contributed by atoms with Crippen LogP contribution >= 0.6 is 27.3 Å². The molecule has 0 aliphatic carbocycles. The Hall–Kier alpha value is -1.67. The molecule has 0 bridgehead atoms. The molecule has 0 aliphatic rings. The molecule has 0 spiro atoms. The number of amides is 1. The fraction of sp³-hybridized carbons (Fsp3) is 0.182. The standard InChI is InChI=1S/C11H10BrN3O3S/c12-9-3-7(5-19-9)10(16)13-1-2-15-4-8(11(17)18)14-6-15/h3-6H,1-2H2,(H,13,16)(H,17,18). The van der Waals surface area contributed by atoms with Crippen LogP contribution in [0.3, 0.4) is 0 Å². The van der Waals surface area contributed by atoms with Crippen molar-refractivity contribution >= 4 is 39.1 Å². The Morgan fingerprint density at radius 3 is 2.89 bits per heavy atom. The summed E-state index contributed by atoms with van der Waals surface area (Å²) in [5.74, 6) is -1.22. The Bertz CT molecular complexity index is 608. The van der Waals surface area contributed by atoms with Crippen molar-refractivity contribution in [1.82, 2.24) is 14.9 Å². The van der Waals surface area contributed by atoms with Gasteiger partial charge in [0, 0.05) is 24.7 Å².